The average molecular weight is 705 g/mol. The minimum absolute atomic E-state index is 0.224. The van der Waals surface area contributed by atoms with Gasteiger partial charge in [0.05, 0.1) is 2.74 Å². The first kappa shape index (κ1) is 28.7. The second-order valence-electron chi connectivity index (χ2n) is 11.7. The Kier molecular flexibility index (Phi) is 6.58. The van der Waals surface area contributed by atoms with Gasteiger partial charge in [0.25, 0.3) is 23.6 Å². The molecule has 0 radical (unpaired) electrons. The number of hydrogen-bond donors (Lipinski definition) is 0. The van der Waals surface area contributed by atoms with Crippen molar-refractivity contribution in [1.82, 2.24) is 19.6 Å². The zero-order valence-corrected chi connectivity index (χ0v) is 29.1. The molecule has 2 fully saturated rings. The van der Waals surface area contributed by atoms with Crippen molar-refractivity contribution in [3.63, 3.8) is 0 Å². The number of hydrogen-bond acceptors (Lipinski definition) is 10. The summed E-state index contributed by atoms with van der Waals surface area (Å²) in [5.41, 5.74) is 1.33. The number of rotatable bonds is 4. The largest absolute Gasteiger partial charge is 0.333 e. The molecule has 0 aromatic carbocycles. The van der Waals surface area contributed by atoms with Crippen molar-refractivity contribution in [2.24, 2.45) is 0 Å². The van der Waals surface area contributed by atoms with Crippen LogP contribution in [0, 0.1) is 0 Å². The number of urea groups is 2. The molecule has 7 rings (SSSR count). The monoisotopic (exact) mass is 704 g/mol. The van der Waals surface area contributed by atoms with E-state index in [0.717, 1.165) is 48.9 Å². The van der Waals surface area contributed by atoms with Crippen LogP contribution >= 0.6 is 45.3 Å². The summed E-state index contributed by atoms with van der Waals surface area (Å²) in [6.45, 7) is 4.32. The Labute approximate surface area is 288 Å². The Morgan fingerprint density at radius 2 is 0.894 bits per heavy atom. The van der Waals surface area contributed by atoms with Crippen molar-refractivity contribution in [2.45, 2.75) is 19.3 Å². The van der Waals surface area contributed by atoms with Crippen LogP contribution < -0.4 is 0 Å². The van der Waals surface area contributed by atoms with Crippen LogP contribution in [0.3, 0.4) is 0 Å². The summed E-state index contributed by atoms with van der Waals surface area (Å²) in [6.07, 6.45) is 0. The van der Waals surface area contributed by atoms with E-state index in [2.05, 4.69) is 26.0 Å². The molecule has 1 aliphatic carbocycles. The Morgan fingerprint density at radius 3 is 1.23 bits per heavy atom. The highest BCUT2D eigenvalue weighted by Crippen LogP contribution is 2.58. The van der Waals surface area contributed by atoms with Gasteiger partial charge in [-0.15, -0.1) is 45.3 Å². The summed E-state index contributed by atoms with van der Waals surface area (Å²) in [6, 6.07) is 9.53. The summed E-state index contributed by atoms with van der Waals surface area (Å²) in [5, 5.41) is 0. The van der Waals surface area contributed by atoms with Crippen LogP contribution in [0.15, 0.2) is 47.5 Å². The number of barbiturate groups is 2. The molecular weight excluding hydrogens is 677 g/mol. The van der Waals surface area contributed by atoms with Gasteiger partial charge in [0.1, 0.15) is 11.1 Å². The summed E-state index contributed by atoms with van der Waals surface area (Å²) >= 11 is 5.85. The molecule has 0 unspecified atom stereocenters. The van der Waals surface area contributed by atoms with Crippen LogP contribution in [0.4, 0.5) is 9.59 Å². The molecule has 6 heterocycles. The van der Waals surface area contributed by atoms with E-state index in [9.17, 15) is 28.8 Å². The SMILES string of the molecule is [2H]C(=C1C(=O)N(C)C(=O)N(C)C1=O)c1ccc(-c2cc3c(s2)-c2sc(-c4ccc(C([2H])=C5C(=O)N(C)C(=O)N(C)C5=O)s4)cc2C3(C)C)s1. The number of fused-ring (bicyclic) bond motifs is 3. The van der Waals surface area contributed by atoms with Gasteiger partial charge in [-0.1, -0.05) is 13.8 Å². The highest BCUT2D eigenvalue weighted by molar-refractivity contribution is 7.29. The Bertz CT molecular complexity index is 2080. The zero-order valence-electron chi connectivity index (χ0n) is 27.8. The summed E-state index contributed by atoms with van der Waals surface area (Å²) in [5.74, 6) is -3.20. The van der Waals surface area contributed by atoms with Gasteiger partial charge in [0, 0.05) is 72.6 Å². The molecule has 238 valence electrons. The van der Waals surface area contributed by atoms with E-state index in [4.69, 9.17) is 2.74 Å². The maximum atomic E-state index is 12.8. The van der Waals surface area contributed by atoms with Crippen molar-refractivity contribution in [2.75, 3.05) is 28.2 Å². The molecule has 10 nitrogen and oxygen atoms in total. The van der Waals surface area contributed by atoms with Crippen molar-refractivity contribution in [3.05, 3.63) is 68.4 Å². The van der Waals surface area contributed by atoms with Gasteiger partial charge in [0.2, 0.25) is 0 Å². The summed E-state index contributed by atoms with van der Waals surface area (Å²) in [4.78, 5) is 85.6. The molecule has 4 aromatic heterocycles. The van der Waals surface area contributed by atoms with Crippen molar-refractivity contribution < 1.29 is 31.5 Å². The Balaban J connectivity index is 1.20. The number of nitrogens with zero attached hydrogens (tertiary/aromatic N) is 4. The first-order valence-corrected chi connectivity index (χ1v) is 17.4. The highest BCUT2D eigenvalue weighted by atomic mass is 32.1. The lowest BCUT2D eigenvalue weighted by Gasteiger charge is -2.28. The number of imide groups is 4. The minimum Gasteiger partial charge on any atom is -0.268 e. The second-order valence-corrected chi connectivity index (χ2v) is 16.0. The van der Waals surface area contributed by atoms with Crippen molar-refractivity contribution in [1.29, 1.82) is 0 Å². The smallest absolute Gasteiger partial charge is 0.268 e. The van der Waals surface area contributed by atoms with Gasteiger partial charge in [-0.2, -0.15) is 0 Å². The number of carbonyl (C=O) groups excluding carboxylic acids is 6. The van der Waals surface area contributed by atoms with E-state index in [0.29, 0.717) is 9.75 Å². The van der Waals surface area contributed by atoms with E-state index in [1.54, 1.807) is 34.8 Å². The molecule has 3 aliphatic rings. The summed E-state index contributed by atoms with van der Waals surface area (Å²) in [7, 11) is 5.13. The van der Waals surface area contributed by atoms with Crippen LogP contribution in [-0.4, -0.2) is 83.5 Å². The van der Waals surface area contributed by atoms with Crippen molar-refractivity contribution >= 4 is 93.1 Å². The fraction of sp³-hybridized carbons (Fsp3) is 0.212. The lowest BCUT2D eigenvalue weighted by atomic mass is 9.84. The molecule has 0 bridgehead atoms. The molecule has 2 aliphatic heterocycles. The molecule has 14 heteroatoms. The first-order valence-electron chi connectivity index (χ1n) is 15.2. The van der Waals surface area contributed by atoms with E-state index in [-0.39, 0.29) is 28.7 Å². The fourth-order valence-electron chi connectivity index (χ4n) is 5.62. The molecule has 2 saturated heterocycles. The summed E-state index contributed by atoms with van der Waals surface area (Å²) < 4.78 is 17.4. The molecule has 0 atom stereocenters. The molecule has 0 N–H and O–H groups in total. The molecule has 47 heavy (non-hydrogen) atoms. The lowest BCUT2D eigenvalue weighted by Crippen LogP contribution is -2.52. The average Bonchev–Trinajstić information content (AvgIpc) is 3.90. The maximum Gasteiger partial charge on any atom is 0.333 e. The maximum absolute atomic E-state index is 12.8. The molecule has 0 saturated carbocycles. The molecule has 4 aromatic rings. The van der Waals surface area contributed by atoms with Crippen LogP contribution in [-0.2, 0) is 24.6 Å². The number of amides is 8. The number of thiophene rings is 4. The van der Waals surface area contributed by atoms with Gasteiger partial charge in [-0.3, -0.25) is 38.8 Å². The van der Waals surface area contributed by atoms with Crippen LogP contribution in [0.25, 0.3) is 41.4 Å². The number of carbonyl (C=O) groups is 6. The van der Waals surface area contributed by atoms with Gasteiger partial charge in [0.15, 0.2) is 0 Å². The van der Waals surface area contributed by atoms with E-state index < -0.39 is 35.7 Å². The van der Waals surface area contributed by atoms with Crippen LogP contribution in [0.1, 0.15) is 37.5 Å². The topological polar surface area (TPSA) is 115 Å². The van der Waals surface area contributed by atoms with Crippen LogP contribution in [0.2, 0.25) is 0 Å². The van der Waals surface area contributed by atoms with E-state index >= 15 is 0 Å². The van der Waals surface area contributed by atoms with Gasteiger partial charge >= 0.3 is 12.1 Å². The predicted octanol–water partition coefficient (Wildman–Crippen LogP) is 6.44. The standard InChI is InChI=1S/C33H26N4O6S4/c1-33(2)19-13-23(21-9-7-15(44-21)11-17-27(38)34(3)31(42)35(4)28(17)39)46-25(19)26-20(33)14-24(47-26)22-10-8-16(45-22)12-18-29(40)36(5)32(43)37(6)30(18)41/h7-14H,1-6H3/i11D,12D. The molecular formula is C33H26N4O6S4. The quantitative estimate of drug-likeness (QED) is 0.178. The third kappa shape index (κ3) is 4.69. The lowest BCUT2D eigenvalue weighted by molar-refractivity contribution is -0.135. The first-order chi connectivity index (χ1) is 23.0. The van der Waals surface area contributed by atoms with Gasteiger partial charge in [-0.25, -0.2) is 9.59 Å². The van der Waals surface area contributed by atoms with Crippen LogP contribution in [0.5, 0.6) is 0 Å². The Hall–Kier alpha value is -4.50. The number of likely N-dealkylation sites (N-methyl/N-ethyl adjacent to an activating group) is 4. The van der Waals surface area contributed by atoms with E-state index in [1.165, 1.54) is 62.0 Å². The second kappa shape index (κ2) is 10.8. The highest BCUT2D eigenvalue weighted by Gasteiger charge is 2.41. The minimum atomic E-state index is -0.799. The van der Waals surface area contributed by atoms with Gasteiger partial charge < -0.3 is 0 Å². The van der Waals surface area contributed by atoms with Crippen molar-refractivity contribution in [3.8, 4) is 29.3 Å². The van der Waals surface area contributed by atoms with E-state index in [1.807, 2.05) is 12.1 Å². The third-order valence-corrected chi connectivity index (χ3v) is 13.3. The third-order valence-electron chi connectivity index (χ3n) is 8.43. The normalized spacial score (nSPS) is 18.3. The molecule has 0 spiro atoms. The molecule has 8 amide bonds. The fourth-order valence-corrected chi connectivity index (χ4v) is 10.4. The zero-order chi connectivity index (χ0) is 35.4. The Morgan fingerprint density at radius 1 is 0.553 bits per heavy atom. The predicted molar refractivity (Wildman–Crippen MR) is 184 cm³/mol. The van der Waals surface area contributed by atoms with Gasteiger partial charge in [-0.05, 0) is 59.6 Å².